The standard InChI is InChI=1S/C13H14N2O3/c1-7-4-5-9(16)6-10(7)11-8(2)12(17)14-13(18)15(11)3/h4-6,16H,1-3H3,(H,14,17,18). The Labute approximate surface area is 103 Å². The predicted octanol–water partition coefficient (Wildman–Crippen LogP) is 1.06. The van der Waals surface area contributed by atoms with Gasteiger partial charge in [-0.15, -0.1) is 0 Å². The first-order valence-electron chi connectivity index (χ1n) is 5.51. The first-order valence-corrected chi connectivity index (χ1v) is 5.51. The number of H-pyrrole nitrogens is 1. The molecule has 0 aliphatic carbocycles. The summed E-state index contributed by atoms with van der Waals surface area (Å²) in [6.45, 7) is 3.51. The third kappa shape index (κ3) is 1.84. The maximum atomic E-state index is 11.7. The summed E-state index contributed by atoms with van der Waals surface area (Å²) in [7, 11) is 1.59. The van der Waals surface area contributed by atoms with E-state index in [9.17, 15) is 14.7 Å². The van der Waals surface area contributed by atoms with Gasteiger partial charge in [0.2, 0.25) is 0 Å². The van der Waals surface area contributed by atoms with E-state index in [1.54, 1.807) is 32.2 Å². The number of hydrogen-bond donors (Lipinski definition) is 2. The highest BCUT2D eigenvalue weighted by Crippen LogP contribution is 2.27. The number of aromatic hydroxyl groups is 1. The van der Waals surface area contributed by atoms with Crippen molar-refractivity contribution in [3.05, 3.63) is 50.2 Å². The van der Waals surface area contributed by atoms with Gasteiger partial charge in [0.15, 0.2) is 0 Å². The Bertz CT molecular complexity index is 692. The number of hydrogen-bond acceptors (Lipinski definition) is 3. The van der Waals surface area contributed by atoms with E-state index in [0.717, 1.165) is 5.56 Å². The molecule has 0 aliphatic heterocycles. The van der Waals surface area contributed by atoms with E-state index < -0.39 is 11.2 Å². The largest absolute Gasteiger partial charge is 0.508 e. The molecule has 0 saturated carbocycles. The second kappa shape index (κ2) is 4.18. The van der Waals surface area contributed by atoms with Crippen molar-refractivity contribution >= 4 is 0 Å². The monoisotopic (exact) mass is 246 g/mol. The number of rotatable bonds is 1. The number of phenolic OH excluding ortho intramolecular Hbond substituents is 1. The van der Waals surface area contributed by atoms with Crippen LogP contribution < -0.4 is 11.2 Å². The summed E-state index contributed by atoms with van der Waals surface area (Å²) < 4.78 is 1.37. The minimum Gasteiger partial charge on any atom is -0.508 e. The lowest BCUT2D eigenvalue weighted by Crippen LogP contribution is -2.31. The molecule has 2 aromatic rings. The zero-order chi connectivity index (χ0) is 13.4. The van der Waals surface area contributed by atoms with Crippen LogP contribution in [0.2, 0.25) is 0 Å². The average molecular weight is 246 g/mol. The van der Waals surface area contributed by atoms with Crippen LogP contribution in [-0.2, 0) is 7.05 Å². The van der Waals surface area contributed by atoms with E-state index in [1.807, 2.05) is 6.92 Å². The number of nitrogens with zero attached hydrogens (tertiary/aromatic N) is 1. The van der Waals surface area contributed by atoms with Crippen molar-refractivity contribution in [2.45, 2.75) is 13.8 Å². The first-order chi connectivity index (χ1) is 8.41. The zero-order valence-electron chi connectivity index (χ0n) is 10.4. The second-order valence-electron chi connectivity index (χ2n) is 4.29. The molecular formula is C13H14N2O3. The average Bonchev–Trinajstić information content (AvgIpc) is 2.31. The highest BCUT2D eigenvalue weighted by Gasteiger charge is 2.13. The van der Waals surface area contributed by atoms with Crippen LogP contribution in [0.1, 0.15) is 11.1 Å². The van der Waals surface area contributed by atoms with E-state index in [0.29, 0.717) is 16.8 Å². The highest BCUT2D eigenvalue weighted by molar-refractivity contribution is 5.68. The summed E-state index contributed by atoms with van der Waals surface area (Å²) in [5.74, 6) is 0.0998. The van der Waals surface area contributed by atoms with Gasteiger partial charge < -0.3 is 5.11 Å². The van der Waals surface area contributed by atoms with Crippen LogP contribution in [0.25, 0.3) is 11.3 Å². The van der Waals surface area contributed by atoms with E-state index in [-0.39, 0.29) is 5.75 Å². The van der Waals surface area contributed by atoms with E-state index in [2.05, 4.69) is 4.98 Å². The Morgan fingerprint density at radius 3 is 2.56 bits per heavy atom. The van der Waals surface area contributed by atoms with Gasteiger partial charge in [-0.3, -0.25) is 14.3 Å². The highest BCUT2D eigenvalue weighted by atomic mass is 16.3. The Kier molecular flexibility index (Phi) is 2.82. The van der Waals surface area contributed by atoms with E-state index >= 15 is 0 Å². The third-order valence-electron chi connectivity index (χ3n) is 3.03. The number of aromatic amines is 1. The van der Waals surface area contributed by atoms with Crippen LogP contribution in [0.15, 0.2) is 27.8 Å². The molecule has 0 fully saturated rings. The van der Waals surface area contributed by atoms with Crippen LogP contribution >= 0.6 is 0 Å². The summed E-state index contributed by atoms with van der Waals surface area (Å²) in [5.41, 5.74) is 1.66. The third-order valence-corrected chi connectivity index (χ3v) is 3.03. The van der Waals surface area contributed by atoms with Crippen molar-refractivity contribution in [2.75, 3.05) is 0 Å². The minimum atomic E-state index is -0.469. The second-order valence-corrected chi connectivity index (χ2v) is 4.29. The summed E-state index contributed by atoms with van der Waals surface area (Å²) in [4.78, 5) is 25.5. The summed E-state index contributed by atoms with van der Waals surface area (Å²) >= 11 is 0. The van der Waals surface area contributed by atoms with Crippen molar-refractivity contribution in [3.8, 4) is 17.0 Å². The lowest BCUT2D eigenvalue weighted by atomic mass is 10.0. The molecule has 1 aromatic carbocycles. The number of nitrogens with one attached hydrogen (secondary N) is 1. The SMILES string of the molecule is Cc1ccc(O)cc1-c1c(C)c(=O)[nH]c(=O)n1C. The van der Waals surface area contributed by atoms with Crippen LogP contribution in [0.5, 0.6) is 5.75 Å². The van der Waals surface area contributed by atoms with Crippen LogP contribution in [0, 0.1) is 13.8 Å². The minimum absolute atomic E-state index is 0.0998. The van der Waals surface area contributed by atoms with E-state index in [1.165, 1.54) is 4.57 Å². The molecule has 94 valence electrons. The summed E-state index contributed by atoms with van der Waals surface area (Å²) in [5, 5.41) is 9.55. The molecule has 2 N–H and O–H groups in total. The molecule has 0 spiro atoms. The molecule has 5 nitrogen and oxygen atoms in total. The molecule has 0 saturated heterocycles. The van der Waals surface area contributed by atoms with Gasteiger partial charge in [0, 0.05) is 18.2 Å². The Morgan fingerprint density at radius 2 is 1.89 bits per heavy atom. The lowest BCUT2D eigenvalue weighted by Gasteiger charge is -2.13. The molecule has 0 aliphatic rings. The summed E-state index contributed by atoms with van der Waals surface area (Å²) in [6.07, 6.45) is 0. The maximum Gasteiger partial charge on any atom is 0.328 e. The molecule has 0 bridgehead atoms. The molecule has 5 heteroatoms. The normalized spacial score (nSPS) is 10.6. The molecule has 0 amide bonds. The number of phenols is 1. The zero-order valence-corrected chi connectivity index (χ0v) is 10.4. The fourth-order valence-electron chi connectivity index (χ4n) is 1.98. The lowest BCUT2D eigenvalue weighted by molar-refractivity contribution is 0.475. The quantitative estimate of drug-likeness (QED) is 0.790. The molecular weight excluding hydrogens is 232 g/mol. The maximum absolute atomic E-state index is 11.7. The topological polar surface area (TPSA) is 75.1 Å². The van der Waals surface area contributed by atoms with Gasteiger partial charge in [-0.25, -0.2) is 4.79 Å². The van der Waals surface area contributed by atoms with Crippen molar-refractivity contribution < 1.29 is 5.11 Å². The van der Waals surface area contributed by atoms with Gasteiger partial charge in [-0.1, -0.05) is 6.07 Å². The van der Waals surface area contributed by atoms with Crippen LogP contribution in [-0.4, -0.2) is 14.7 Å². The van der Waals surface area contributed by atoms with E-state index in [4.69, 9.17) is 0 Å². The first kappa shape index (κ1) is 12.2. The van der Waals surface area contributed by atoms with Gasteiger partial charge in [-0.2, -0.15) is 0 Å². The van der Waals surface area contributed by atoms with Crippen LogP contribution in [0.4, 0.5) is 0 Å². The predicted molar refractivity (Wildman–Crippen MR) is 68.9 cm³/mol. The smallest absolute Gasteiger partial charge is 0.328 e. The molecule has 18 heavy (non-hydrogen) atoms. The Hall–Kier alpha value is -2.30. The summed E-state index contributed by atoms with van der Waals surface area (Å²) in [6, 6.07) is 4.87. The molecule has 0 radical (unpaired) electrons. The van der Waals surface area contributed by atoms with Crippen molar-refractivity contribution in [1.29, 1.82) is 0 Å². The number of aryl methyl sites for hydroxylation is 1. The van der Waals surface area contributed by atoms with Gasteiger partial charge in [0.1, 0.15) is 5.75 Å². The van der Waals surface area contributed by atoms with Crippen molar-refractivity contribution in [1.82, 2.24) is 9.55 Å². The van der Waals surface area contributed by atoms with Crippen molar-refractivity contribution in [2.24, 2.45) is 7.05 Å². The molecule has 0 unspecified atom stereocenters. The Balaban J connectivity index is 2.91. The molecule has 0 atom stereocenters. The Morgan fingerprint density at radius 1 is 1.22 bits per heavy atom. The van der Waals surface area contributed by atoms with Gasteiger partial charge in [-0.05, 0) is 31.5 Å². The molecule has 1 heterocycles. The fraction of sp³-hybridized carbons (Fsp3) is 0.231. The van der Waals surface area contributed by atoms with Crippen molar-refractivity contribution in [3.63, 3.8) is 0 Å². The van der Waals surface area contributed by atoms with Gasteiger partial charge in [0.05, 0.1) is 5.69 Å². The van der Waals surface area contributed by atoms with Crippen LogP contribution in [0.3, 0.4) is 0 Å². The number of aromatic nitrogens is 2. The fourth-order valence-corrected chi connectivity index (χ4v) is 1.98. The van der Waals surface area contributed by atoms with Gasteiger partial charge >= 0.3 is 5.69 Å². The molecule has 1 aromatic heterocycles. The number of benzene rings is 1. The van der Waals surface area contributed by atoms with Gasteiger partial charge in [0.25, 0.3) is 5.56 Å². The molecule has 2 rings (SSSR count).